The molecule has 1 aliphatic rings. The zero-order valence-electron chi connectivity index (χ0n) is 8.70. The Labute approximate surface area is 98.4 Å². The number of allylic oxidation sites excluding steroid dienone is 1. The lowest BCUT2D eigenvalue weighted by Gasteiger charge is -1.99. The Hall–Kier alpha value is -1.73. The van der Waals surface area contributed by atoms with Gasteiger partial charge in [-0.1, -0.05) is 6.07 Å². The number of rotatable bonds is 4. The predicted octanol–water partition coefficient (Wildman–Crippen LogP) is 1.29. The summed E-state index contributed by atoms with van der Waals surface area (Å²) in [7, 11) is -4.42. The molecule has 0 amide bonds. The molecule has 0 bridgehead atoms. The van der Waals surface area contributed by atoms with E-state index in [0.717, 1.165) is 11.8 Å². The van der Waals surface area contributed by atoms with E-state index in [1.54, 1.807) is 12.1 Å². The zero-order valence-corrected chi connectivity index (χ0v) is 9.51. The van der Waals surface area contributed by atoms with Crippen molar-refractivity contribution in [3.63, 3.8) is 0 Å². The summed E-state index contributed by atoms with van der Waals surface area (Å²) in [4.78, 5) is 0. The summed E-state index contributed by atoms with van der Waals surface area (Å²) in [5.41, 5.74) is 0.907. The van der Waals surface area contributed by atoms with Crippen molar-refractivity contribution in [3.8, 4) is 11.5 Å². The van der Waals surface area contributed by atoms with Crippen LogP contribution in [0, 0.1) is 0 Å². The van der Waals surface area contributed by atoms with Crippen LogP contribution in [0.4, 0.5) is 0 Å². The van der Waals surface area contributed by atoms with E-state index in [-0.39, 0.29) is 6.79 Å². The average Bonchev–Trinajstić information content (AvgIpc) is 2.70. The van der Waals surface area contributed by atoms with E-state index in [9.17, 15) is 8.42 Å². The second-order valence-corrected chi connectivity index (χ2v) is 4.34. The predicted molar refractivity (Wildman–Crippen MR) is 58.0 cm³/mol. The number of ether oxygens (including phenoxy) is 2. The molecule has 92 valence electrons. The van der Waals surface area contributed by atoms with Crippen molar-refractivity contribution in [2.24, 2.45) is 0 Å². The molecule has 0 saturated heterocycles. The summed E-state index contributed by atoms with van der Waals surface area (Å²) >= 11 is 0. The van der Waals surface area contributed by atoms with Crippen molar-refractivity contribution < 1.29 is 26.6 Å². The van der Waals surface area contributed by atoms with Crippen LogP contribution in [0.2, 0.25) is 0 Å². The Morgan fingerprint density at radius 3 is 2.88 bits per heavy atom. The first-order chi connectivity index (χ1) is 8.04. The summed E-state index contributed by atoms with van der Waals surface area (Å²) in [5.74, 6) is 1.35. The molecule has 0 radical (unpaired) electrons. The topological polar surface area (TPSA) is 82.1 Å². The molecule has 0 aromatic heterocycles. The van der Waals surface area contributed by atoms with Crippen molar-refractivity contribution in [3.05, 3.63) is 36.1 Å². The number of fused-ring (bicyclic) bond motifs is 1. The largest absolute Gasteiger partial charge is 0.454 e. The van der Waals surface area contributed by atoms with E-state index in [0.29, 0.717) is 17.9 Å². The third kappa shape index (κ3) is 3.36. The van der Waals surface area contributed by atoms with Crippen LogP contribution in [-0.4, -0.2) is 19.8 Å². The molecule has 7 heteroatoms. The highest BCUT2D eigenvalue weighted by atomic mass is 32.3. The molecule has 0 fully saturated rings. The number of hydrogen-bond acceptors (Lipinski definition) is 5. The van der Waals surface area contributed by atoms with Crippen LogP contribution in [0.25, 0.3) is 0 Å². The molecule has 0 unspecified atom stereocenters. The van der Waals surface area contributed by atoms with E-state index in [2.05, 4.69) is 4.18 Å². The third-order valence-corrected chi connectivity index (χ3v) is 2.42. The van der Waals surface area contributed by atoms with Gasteiger partial charge in [-0.2, -0.15) is 8.42 Å². The van der Waals surface area contributed by atoms with E-state index in [1.807, 2.05) is 6.07 Å². The minimum Gasteiger partial charge on any atom is -0.454 e. The molecule has 17 heavy (non-hydrogen) atoms. The molecular formula is C10H10O6S. The Morgan fingerprint density at radius 2 is 2.12 bits per heavy atom. The van der Waals surface area contributed by atoms with Gasteiger partial charge in [-0.15, -0.1) is 0 Å². The Kier molecular flexibility index (Phi) is 3.21. The van der Waals surface area contributed by atoms with Gasteiger partial charge in [0.1, 0.15) is 6.26 Å². The van der Waals surface area contributed by atoms with Crippen molar-refractivity contribution >= 4 is 10.4 Å². The van der Waals surface area contributed by atoms with Crippen LogP contribution in [0.5, 0.6) is 11.5 Å². The fourth-order valence-electron chi connectivity index (χ4n) is 1.36. The second-order valence-electron chi connectivity index (χ2n) is 3.29. The van der Waals surface area contributed by atoms with Crippen LogP contribution in [0.1, 0.15) is 5.56 Å². The highest BCUT2D eigenvalue weighted by molar-refractivity contribution is 7.81. The lowest BCUT2D eigenvalue weighted by molar-refractivity contribution is 0.174. The lowest BCUT2D eigenvalue weighted by atomic mass is 10.1. The fourth-order valence-corrected chi connectivity index (χ4v) is 1.58. The van der Waals surface area contributed by atoms with Crippen molar-refractivity contribution in [2.75, 3.05) is 6.79 Å². The van der Waals surface area contributed by atoms with Crippen molar-refractivity contribution in [1.29, 1.82) is 0 Å². The van der Waals surface area contributed by atoms with Gasteiger partial charge in [0.2, 0.25) is 6.79 Å². The maximum Gasteiger partial charge on any atom is 0.445 e. The molecule has 0 aliphatic carbocycles. The Morgan fingerprint density at radius 1 is 1.35 bits per heavy atom. The first-order valence-corrected chi connectivity index (χ1v) is 6.10. The van der Waals surface area contributed by atoms with E-state index >= 15 is 0 Å². The number of hydrogen-bond donors (Lipinski definition) is 1. The first kappa shape index (κ1) is 11.7. The summed E-state index contributed by atoms with van der Waals surface area (Å²) in [6.07, 6.45) is 2.83. The Balaban J connectivity index is 1.96. The van der Waals surface area contributed by atoms with Gasteiger partial charge < -0.3 is 13.7 Å². The molecule has 0 atom stereocenters. The summed E-state index contributed by atoms with van der Waals surface area (Å²) < 4.78 is 43.2. The molecule has 1 aliphatic heterocycles. The smallest absolute Gasteiger partial charge is 0.445 e. The molecule has 0 saturated carbocycles. The first-order valence-electron chi connectivity index (χ1n) is 4.74. The second kappa shape index (κ2) is 4.64. The number of benzene rings is 1. The van der Waals surface area contributed by atoms with Crippen LogP contribution >= 0.6 is 0 Å². The van der Waals surface area contributed by atoms with Gasteiger partial charge in [0.25, 0.3) is 0 Å². The van der Waals surface area contributed by atoms with Crippen LogP contribution in [0.3, 0.4) is 0 Å². The Bertz CT molecular complexity index is 534. The minimum atomic E-state index is -4.42. The molecule has 1 heterocycles. The fraction of sp³-hybridized carbons (Fsp3) is 0.200. The molecular weight excluding hydrogens is 248 g/mol. The molecule has 6 nitrogen and oxygen atoms in total. The summed E-state index contributed by atoms with van der Waals surface area (Å²) in [6.45, 7) is 0.209. The van der Waals surface area contributed by atoms with Crippen LogP contribution < -0.4 is 9.47 Å². The molecule has 2 rings (SSSR count). The van der Waals surface area contributed by atoms with Gasteiger partial charge in [0, 0.05) is 0 Å². The van der Waals surface area contributed by atoms with E-state index in [4.69, 9.17) is 14.0 Å². The SMILES string of the molecule is O=S(=O)(O)OC=CCc1ccc2c(c1)OCO2. The van der Waals surface area contributed by atoms with Gasteiger partial charge in [-0.05, 0) is 30.2 Å². The molecule has 1 aromatic carbocycles. The van der Waals surface area contributed by atoms with Gasteiger partial charge >= 0.3 is 10.4 Å². The average molecular weight is 258 g/mol. The van der Waals surface area contributed by atoms with Crippen molar-refractivity contribution in [1.82, 2.24) is 0 Å². The minimum absolute atomic E-state index is 0.209. The lowest BCUT2D eigenvalue weighted by Crippen LogP contribution is -1.97. The molecule has 1 aromatic rings. The van der Waals surface area contributed by atoms with Crippen molar-refractivity contribution in [2.45, 2.75) is 6.42 Å². The van der Waals surface area contributed by atoms with Crippen LogP contribution in [-0.2, 0) is 21.0 Å². The monoisotopic (exact) mass is 258 g/mol. The van der Waals surface area contributed by atoms with Gasteiger partial charge in [0.15, 0.2) is 11.5 Å². The highest BCUT2D eigenvalue weighted by Gasteiger charge is 2.12. The molecule has 1 N–H and O–H groups in total. The standard InChI is InChI=1S/C10H10O6S/c11-17(12,13)16-5-1-2-8-3-4-9-10(6-8)15-7-14-9/h1,3-6H,2,7H2,(H,11,12,13). The normalized spacial score (nSPS) is 14.2. The maximum atomic E-state index is 10.2. The van der Waals surface area contributed by atoms with E-state index in [1.165, 1.54) is 6.08 Å². The summed E-state index contributed by atoms with van der Waals surface area (Å²) in [5, 5.41) is 0. The maximum absolute atomic E-state index is 10.2. The van der Waals surface area contributed by atoms with Gasteiger partial charge in [-0.25, -0.2) is 0 Å². The van der Waals surface area contributed by atoms with Crippen LogP contribution in [0.15, 0.2) is 30.5 Å². The zero-order chi connectivity index (χ0) is 12.3. The quantitative estimate of drug-likeness (QED) is 0.647. The highest BCUT2D eigenvalue weighted by Crippen LogP contribution is 2.32. The third-order valence-electron chi connectivity index (χ3n) is 2.06. The van der Waals surface area contributed by atoms with Gasteiger partial charge in [0.05, 0.1) is 0 Å². The van der Waals surface area contributed by atoms with E-state index < -0.39 is 10.4 Å². The van der Waals surface area contributed by atoms with Gasteiger partial charge in [-0.3, -0.25) is 4.55 Å². The molecule has 0 spiro atoms. The summed E-state index contributed by atoms with van der Waals surface area (Å²) in [6, 6.07) is 5.39.